The molecular weight excluding hydrogens is 174 g/mol. The van der Waals surface area contributed by atoms with Gasteiger partial charge in [0, 0.05) is 12.8 Å². The van der Waals surface area contributed by atoms with Crippen LogP contribution < -0.4 is 5.32 Å². The molecule has 0 aromatic carbocycles. The Balaban J connectivity index is 2.89. The molecule has 0 aliphatic heterocycles. The van der Waals surface area contributed by atoms with Gasteiger partial charge in [0.15, 0.2) is 9.84 Å². The van der Waals surface area contributed by atoms with Crippen molar-refractivity contribution in [2.75, 3.05) is 19.8 Å². The van der Waals surface area contributed by atoms with Crippen LogP contribution in [-0.4, -0.2) is 33.0 Å². The van der Waals surface area contributed by atoms with Crippen LogP contribution in [0.3, 0.4) is 0 Å². The maximum Gasteiger partial charge on any atom is 0.154 e. The van der Waals surface area contributed by atoms with Crippen molar-refractivity contribution in [1.82, 2.24) is 5.32 Å². The predicted octanol–water partition coefficient (Wildman–Crippen LogP) is 0.419. The summed E-state index contributed by atoms with van der Waals surface area (Å²) in [6.07, 6.45) is 3.20. The van der Waals surface area contributed by atoms with Crippen LogP contribution in [0.2, 0.25) is 0 Å². The van der Waals surface area contributed by atoms with Crippen LogP contribution in [0.5, 0.6) is 0 Å². The first-order valence-corrected chi connectivity index (χ1v) is 6.17. The van der Waals surface area contributed by atoms with Gasteiger partial charge in [-0.1, -0.05) is 6.92 Å². The number of hydrogen-bond donors (Lipinski definition) is 1. The lowest BCUT2D eigenvalue weighted by molar-refractivity contribution is 0.221. The molecule has 0 spiro atoms. The Kier molecular flexibility index (Phi) is 2.50. The van der Waals surface area contributed by atoms with E-state index in [1.165, 1.54) is 6.26 Å². The average Bonchev–Trinajstić information content (AvgIpc) is 1.94. The molecule has 72 valence electrons. The Morgan fingerprint density at radius 2 is 2.17 bits per heavy atom. The smallest absolute Gasteiger partial charge is 0.154 e. The fourth-order valence-corrected chi connectivity index (χ4v) is 3.74. The van der Waals surface area contributed by atoms with Crippen molar-refractivity contribution in [3.63, 3.8) is 0 Å². The van der Waals surface area contributed by atoms with E-state index in [2.05, 4.69) is 5.32 Å². The van der Waals surface area contributed by atoms with Gasteiger partial charge in [-0.25, -0.2) is 8.42 Å². The molecule has 0 amide bonds. The van der Waals surface area contributed by atoms with E-state index in [9.17, 15) is 8.42 Å². The molecule has 1 aliphatic carbocycles. The van der Waals surface area contributed by atoms with Crippen LogP contribution >= 0.6 is 0 Å². The second-order valence-corrected chi connectivity index (χ2v) is 6.16. The van der Waals surface area contributed by atoms with Crippen molar-refractivity contribution >= 4 is 9.84 Å². The summed E-state index contributed by atoms with van der Waals surface area (Å²) in [7, 11) is -1.10. The number of nitrogens with one attached hydrogen (secondary N) is 1. The molecule has 0 radical (unpaired) electrons. The molecule has 4 heteroatoms. The quantitative estimate of drug-likeness (QED) is 0.703. The maximum absolute atomic E-state index is 11.5. The third-order valence-corrected chi connectivity index (χ3v) is 5.34. The summed E-state index contributed by atoms with van der Waals surface area (Å²) in [6.45, 7) is 2.61. The minimum Gasteiger partial charge on any atom is -0.318 e. The first kappa shape index (κ1) is 9.99. The van der Waals surface area contributed by atoms with Crippen LogP contribution in [0.4, 0.5) is 0 Å². The Morgan fingerprint density at radius 3 is 2.25 bits per heavy atom. The van der Waals surface area contributed by atoms with Gasteiger partial charge in [0.25, 0.3) is 0 Å². The van der Waals surface area contributed by atoms with E-state index in [-0.39, 0.29) is 0 Å². The molecule has 1 aliphatic rings. The molecule has 1 fully saturated rings. The van der Waals surface area contributed by atoms with E-state index < -0.39 is 14.6 Å². The van der Waals surface area contributed by atoms with E-state index in [0.717, 1.165) is 12.8 Å². The highest BCUT2D eigenvalue weighted by molar-refractivity contribution is 7.92. The highest BCUT2D eigenvalue weighted by Crippen LogP contribution is 2.43. The summed E-state index contributed by atoms with van der Waals surface area (Å²) in [5, 5.41) is 2.97. The predicted molar refractivity (Wildman–Crippen MR) is 49.9 cm³/mol. The lowest BCUT2D eigenvalue weighted by atomic mass is 9.74. The summed E-state index contributed by atoms with van der Waals surface area (Å²) >= 11 is 0. The summed E-state index contributed by atoms with van der Waals surface area (Å²) in [5.41, 5.74) is 0. The van der Waals surface area contributed by atoms with Gasteiger partial charge in [0.2, 0.25) is 0 Å². The van der Waals surface area contributed by atoms with E-state index in [1.54, 1.807) is 7.05 Å². The molecule has 3 nitrogen and oxygen atoms in total. The van der Waals surface area contributed by atoms with Gasteiger partial charge >= 0.3 is 0 Å². The molecule has 0 saturated heterocycles. The number of sulfone groups is 1. The van der Waals surface area contributed by atoms with Crippen LogP contribution in [0.25, 0.3) is 0 Å². The molecule has 1 N–H and O–H groups in total. The van der Waals surface area contributed by atoms with Crippen LogP contribution in [0.15, 0.2) is 0 Å². The zero-order valence-corrected chi connectivity index (χ0v) is 8.74. The lowest BCUT2D eigenvalue weighted by Crippen LogP contribution is -2.57. The van der Waals surface area contributed by atoms with Gasteiger partial charge in [0.05, 0.1) is 4.75 Å². The molecule has 0 bridgehead atoms. The summed E-state index contributed by atoms with van der Waals surface area (Å²) in [6, 6.07) is 0. The lowest BCUT2D eigenvalue weighted by Gasteiger charge is -2.46. The summed E-state index contributed by atoms with van der Waals surface area (Å²) < 4.78 is 22.5. The minimum atomic E-state index is -2.90. The van der Waals surface area contributed by atoms with Crippen molar-refractivity contribution in [2.24, 2.45) is 5.92 Å². The van der Waals surface area contributed by atoms with Crippen LogP contribution in [0, 0.1) is 5.92 Å². The van der Waals surface area contributed by atoms with Crippen molar-refractivity contribution in [3.8, 4) is 0 Å². The normalized spacial score (nSPS) is 36.1. The maximum atomic E-state index is 11.5. The van der Waals surface area contributed by atoms with Gasteiger partial charge in [-0.3, -0.25) is 0 Å². The van der Waals surface area contributed by atoms with E-state index in [4.69, 9.17) is 0 Å². The fourth-order valence-electron chi connectivity index (χ4n) is 2.00. The first-order valence-electron chi connectivity index (χ1n) is 4.28. The second-order valence-electron chi connectivity index (χ2n) is 3.81. The third kappa shape index (κ3) is 1.27. The second kappa shape index (κ2) is 3.00. The third-order valence-electron chi connectivity index (χ3n) is 3.11. The molecule has 1 rings (SSSR count). The van der Waals surface area contributed by atoms with Crippen LogP contribution in [0.1, 0.15) is 19.8 Å². The Labute approximate surface area is 74.5 Å². The summed E-state index contributed by atoms with van der Waals surface area (Å²) in [5.74, 6) is 0.306. The van der Waals surface area contributed by atoms with E-state index >= 15 is 0 Å². The highest BCUT2D eigenvalue weighted by Gasteiger charge is 2.51. The molecule has 0 aromatic heterocycles. The average molecular weight is 191 g/mol. The molecule has 2 unspecified atom stereocenters. The Bertz CT molecular complexity index is 260. The van der Waals surface area contributed by atoms with Gasteiger partial charge in [0.1, 0.15) is 0 Å². The van der Waals surface area contributed by atoms with Crippen molar-refractivity contribution < 1.29 is 8.42 Å². The van der Waals surface area contributed by atoms with Crippen LogP contribution in [-0.2, 0) is 9.84 Å². The van der Waals surface area contributed by atoms with Gasteiger partial charge in [-0.15, -0.1) is 0 Å². The van der Waals surface area contributed by atoms with E-state index in [0.29, 0.717) is 12.5 Å². The Hall–Kier alpha value is -0.0900. The van der Waals surface area contributed by atoms with Gasteiger partial charge < -0.3 is 5.32 Å². The fraction of sp³-hybridized carbons (Fsp3) is 1.00. The highest BCUT2D eigenvalue weighted by atomic mass is 32.2. The largest absolute Gasteiger partial charge is 0.318 e. The molecule has 1 saturated carbocycles. The van der Waals surface area contributed by atoms with Crippen molar-refractivity contribution in [1.29, 1.82) is 0 Å². The monoisotopic (exact) mass is 191 g/mol. The standard InChI is InChI=1S/C8H17NO2S/c1-7-4-5-8(7,6-9-2)12(3,10)11/h7,9H,4-6H2,1-3H3. The Morgan fingerprint density at radius 1 is 1.58 bits per heavy atom. The molecule has 12 heavy (non-hydrogen) atoms. The van der Waals surface area contributed by atoms with Gasteiger partial charge in [-0.05, 0) is 25.8 Å². The first-order chi connectivity index (χ1) is 5.44. The van der Waals surface area contributed by atoms with Gasteiger partial charge in [-0.2, -0.15) is 0 Å². The van der Waals surface area contributed by atoms with Crippen molar-refractivity contribution in [3.05, 3.63) is 0 Å². The minimum absolute atomic E-state index is 0.306. The number of rotatable bonds is 3. The number of hydrogen-bond acceptors (Lipinski definition) is 3. The SMILES string of the molecule is CNCC1(S(C)(=O)=O)CCC1C. The molecular formula is C8H17NO2S. The zero-order valence-electron chi connectivity index (χ0n) is 7.92. The topological polar surface area (TPSA) is 46.2 Å². The molecule has 0 heterocycles. The molecule has 0 aromatic rings. The zero-order chi connectivity index (χ0) is 9.41. The van der Waals surface area contributed by atoms with E-state index in [1.807, 2.05) is 6.92 Å². The molecule has 2 atom stereocenters. The van der Waals surface area contributed by atoms with Crippen molar-refractivity contribution in [2.45, 2.75) is 24.5 Å². The summed E-state index contributed by atoms with van der Waals surface area (Å²) in [4.78, 5) is 0.